The highest BCUT2D eigenvalue weighted by atomic mass is 32.2. The summed E-state index contributed by atoms with van der Waals surface area (Å²) in [4.78, 5) is 15.3. The highest BCUT2D eigenvalue weighted by Gasteiger charge is 2.29. The van der Waals surface area contributed by atoms with E-state index in [-0.39, 0.29) is 12.1 Å². The number of urea groups is 1. The van der Waals surface area contributed by atoms with Gasteiger partial charge in [-0.1, -0.05) is 12.1 Å². The minimum atomic E-state index is -0.961. The number of amides is 2. The largest absolute Gasteiger partial charge is 0.334 e. The van der Waals surface area contributed by atoms with E-state index in [2.05, 4.69) is 15.5 Å². The number of likely N-dealkylation sites (tertiary alicyclic amines) is 1. The van der Waals surface area contributed by atoms with Crippen molar-refractivity contribution in [2.75, 3.05) is 25.9 Å². The maximum Gasteiger partial charge on any atom is 0.315 e. The fourth-order valence-corrected chi connectivity index (χ4v) is 3.52. The summed E-state index contributed by atoms with van der Waals surface area (Å²) in [6, 6.07) is 7.66. The van der Waals surface area contributed by atoms with E-state index in [0.29, 0.717) is 6.54 Å². The SMILES string of the molecule is C[S@](=O)c1ccc(CNC(=O)N[C@H]2CCN(CC3CC3)C2)cc1. The van der Waals surface area contributed by atoms with Crippen LogP contribution >= 0.6 is 0 Å². The lowest BCUT2D eigenvalue weighted by Crippen LogP contribution is -2.43. The standard InChI is InChI=1S/C17H25N3O2S/c1-23(22)16-6-4-13(5-7-16)10-18-17(21)19-15-8-9-20(12-15)11-14-2-3-14/h4-7,14-15H,2-3,8-12H2,1H3,(H2,18,19,21)/t15-,23-/m0/s1. The molecule has 1 saturated heterocycles. The van der Waals surface area contributed by atoms with Crippen LogP contribution in [0.4, 0.5) is 4.79 Å². The molecule has 2 aliphatic rings. The van der Waals surface area contributed by atoms with Gasteiger partial charge in [0, 0.05) is 54.2 Å². The van der Waals surface area contributed by atoms with Gasteiger partial charge in [-0.05, 0) is 42.9 Å². The van der Waals surface area contributed by atoms with Gasteiger partial charge >= 0.3 is 6.03 Å². The summed E-state index contributed by atoms with van der Waals surface area (Å²) >= 11 is 0. The Morgan fingerprint density at radius 1 is 1.26 bits per heavy atom. The van der Waals surface area contributed by atoms with Crippen LogP contribution in [-0.4, -0.2) is 47.1 Å². The molecule has 0 bridgehead atoms. The van der Waals surface area contributed by atoms with Gasteiger partial charge in [0.25, 0.3) is 0 Å². The Bertz CT molecular complexity index is 572. The van der Waals surface area contributed by atoms with Crippen LogP contribution in [0.25, 0.3) is 0 Å². The molecule has 3 rings (SSSR count). The third-order valence-corrected chi connectivity index (χ3v) is 5.47. The van der Waals surface area contributed by atoms with Crippen molar-refractivity contribution in [3.8, 4) is 0 Å². The lowest BCUT2D eigenvalue weighted by atomic mass is 10.2. The van der Waals surface area contributed by atoms with Gasteiger partial charge in [0.15, 0.2) is 0 Å². The minimum absolute atomic E-state index is 0.105. The maximum atomic E-state index is 12.0. The maximum absolute atomic E-state index is 12.0. The first-order valence-corrected chi connectivity index (χ1v) is 9.85. The Kier molecular flexibility index (Phi) is 5.33. The smallest absolute Gasteiger partial charge is 0.315 e. The third kappa shape index (κ3) is 5.04. The summed E-state index contributed by atoms with van der Waals surface area (Å²) in [5, 5.41) is 5.96. The Balaban J connectivity index is 1.38. The van der Waals surface area contributed by atoms with Crippen molar-refractivity contribution in [1.82, 2.24) is 15.5 Å². The van der Waals surface area contributed by atoms with Gasteiger partial charge in [-0.25, -0.2) is 4.79 Å². The molecular weight excluding hydrogens is 310 g/mol. The number of nitrogens with one attached hydrogen (secondary N) is 2. The van der Waals surface area contributed by atoms with E-state index >= 15 is 0 Å². The van der Waals surface area contributed by atoms with Gasteiger partial charge in [-0.2, -0.15) is 0 Å². The van der Waals surface area contributed by atoms with Gasteiger partial charge in [-0.3, -0.25) is 4.21 Å². The number of benzene rings is 1. The van der Waals surface area contributed by atoms with Gasteiger partial charge < -0.3 is 15.5 Å². The number of nitrogens with zero attached hydrogens (tertiary/aromatic N) is 1. The van der Waals surface area contributed by atoms with E-state index in [1.165, 1.54) is 19.4 Å². The molecule has 1 aromatic carbocycles. The molecule has 1 aliphatic carbocycles. The first-order chi connectivity index (χ1) is 11.1. The fraction of sp³-hybridized carbons (Fsp3) is 0.588. The first-order valence-electron chi connectivity index (χ1n) is 8.29. The van der Waals surface area contributed by atoms with Crippen molar-refractivity contribution in [1.29, 1.82) is 0 Å². The number of rotatable bonds is 6. The molecule has 23 heavy (non-hydrogen) atoms. The topological polar surface area (TPSA) is 61.4 Å². The number of hydrogen-bond donors (Lipinski definition) is 2. The van der Waals surface area contributed by atoms with Gasteiger partial charge in [0.2, 0.25) is 0 Å². The Morgan fingerprint density at radius 3 is 2.65 bits per heavy atom. The molecule has 0 spiro atoms. The normalized spacial score (nSPS) is 22.7. The first kappa shape index (κ1) is 16.5. The van der Waals surface area contributed by atoms with Crippen LogP contribution in [0.3, 0.4) is 0 Å². The van der Waals surface area contributed by atoms with Crippen molar-refractivity contribution < 1.29 is 9.00 Å². The molecule has 0 radical (unpaired) electrons. The zero-order valence-electron chi connectivity index (χ0n) is 13.6. The highest BCUT2D eigenvalue weighted by molar-refractivity contribution is 7.84. The summed E-state index contributed by atoms with van der Waals surface area (Å²) in [7, 11) is -0.961. The molecule has 1 aromatic rings. The molecular formula is C17H25N3O2S. The van der Waals surface area contributed by atoms with Gasteiger partial charge in [0.1, 0.15) is 0 Å². The summed E-state index contributed by atoms with van der Waals surface area (Å²) in [5.41, 5.74) is 1.01. The summed E-state index contributed by atoms with van der Waals surface area (Å²) < 4.78 is 11.3. The van der Waals surface area contributed by atoms with E-state index in [1.807, 2.05) is 24.3 Å². The van der Waals surface area contributed by atoms with Crippen LogP contribution in [0.5, 0.6) is 0 Å². The summed E-state index contributed by atoms with van der Waals surface area (Å²) in [6.07, 6.45) is 5.45. The van der Waals surface area contributed by atoms with Crippen LogP contribution in [0.2, 0.25) is 0 Å². The second kappa shape index (κ2) is 7.45. The molecule has 0 unspecified atom stereocenters. The number of carbonyl (C=O) groups excluding carboxylic acids is 1. The average molecular weight is 335 g/mol. The fourth-order valence-electron chi connectivity index (χ4n) is 3.00. The van der Waals surface area contributed by atoms with Crippen molar-refractivity contribution >= 4 is 16.8 Å². The average Bonchev–Trinajstić information content (AvgIpc) is 3.24. The third-order valence-electron chi connectivity index (χ3n) is 4.53. The van der Waals surface area contributed by atoms with E-state index < -0.39 is 10.8 Å². The van der Waals surface area contributed by atoms with E-state index in [4.69, 9.17) is 0 Å². The van der Waals surface area contributed by atoms with Crippen LogP contribution in [0.15, 0.2) is 29.2 Å². The second-order valence-electron chi connectivity index (χ2n) is 6.61. The van der Waals surface area contributed by atoms with Crippen molar-refractivity contribution in [2.45, 2.75) is 36.7 Å². The molecule has 0 aromatic heterocycles. The van der Waals surface area contributed by atoms with E-state index in [1.54, 1.807) is 6.26 Å². The Morgan fingerprint density at radius 2 is 2.00 bits per heavy atom. The summed E-state index contributed by atoms with van der Waals surface area (Å²) in [6.45, 7) is 3.75. The quantitative estimate of drug-likeness (QED) is 0.832. The lowest BCUT2D eigenvalue weighted by Gasteiger charge is -2.16. The van der Waals surface area contributed by atoms with Crippen LogP contribution in [0, 0.1) is 5.92 Å². The van der Waals surface area contributed by atoms with Crippen molar-refractivity contribution in [3.05, 3.63) is 29.8 Å². The van der Waals surface area contributed by atoms with E-state index in [0.717, 1.165) is 35.9 Å². The molecule has 126 valence electrons. The van der Waals surface area contributed by atoms with Crippen molar-refractivity contribution in [3.63, 3.8) is 0 Å². The molecule has 1 heterocycles. The number of carbonyl (C=O) groups is 1. The number of hydrogen-bond acceptors (Lipinski definition) is 3. The van der Waals surface area contributed by atoms with Crippen LogP contribution < -0.4 is 10.6 Å². The van der Waals surface area contributed by atoms with Gasteiger partial charge in [-0.15, -0.1) is 0 Å². The molecule has 2 atom stereocenters. The molecule has 2 fully saturated rings. The zero-order chi connectivity index (χ0) is 16.2. The molecule has 2 N–H and O–H groups in total. The lowest BCUT2D eigenvalue weighted by molar-refractivity contribution is 0.235. The molecule has 2 amide bonds. The Labute approximate surface area is 140 Å². The molecule has 5 nitrogen and oxygen atoms in total. The van der Waals surface area contributed by atoms with Gasteiger partial charge in [0.05, 0.1) is 0 Å². The Hall–Kier alpha value is -1.40. The van der Waals surface area contributed by atoms with E-state index in [9.17, 15) is 9.00 Å². The molecule has 1 aliphatic heterocycles. The zero-order valence-corrected chi connectivity index (χ0v) is 14.4. The van der Waals surface area contributed by atoms with Crippen LogP contribution in [0.1, 0.15) is 24.8 Å². The van der Waals surface area contributed by atoms with Crippen molar-refractivity contribution in [2.24, 2.45) is 5.92 Å². The highest BCUT2D eigenvalue weighted by Crippen LogP contribution is 2.30. The predicted molar refractivity (Wildman–Crippen MR) is 91.7 cm³/mol. The monoisotopic (exact) mass is 335 g/mol. The second-order valence-corrected chi connectivity index (χ2v) is 7.99. The predicted octanol–water partition coefficient (Wildman–Crippen LogP) is 1.71. The molecule has 6 heteroatoms. The molecule has 1 saturated carbocycles. The van der Waals surface area contributed by atoms with Crippen LogP contribution in [-0.2, 0) is 17.3 Å². The summed E-state index contributed by atoms with van der Waals surface area (Å²) in [5.74, 6) is 0.906. The minimum Gasteiger partial charge on any atom is -0.334 e.